The quantitative estimate of drug-likeness (QED) is 0.756. The molecule has 23 heavy (non-hydrogen) atoms. The molecule has 0 radical (unpaired) electrons. The van der Waals surface area contributed by atoms with Crippen LogP contribution in [0.25, 0.3) is 0 Å². The molecular weight excluding hydrogens is 314 g/mol. The van der Waals surface area contributed by atoms with E-state index in [1.54, 1.807) is 8.61 Å². The predicted octanol–water partition coefficient (Wildman–Crippen LogP) is 0.974. The van der Waals surface area contributed by atoms with Crippen LogP contribution in [0.3, 0.4) is 0 Å². The summed E-state index contributed by atoms with van der Waals surface area (Å²) in [7, 11) is -3.29. The molecule has 0 aromatic rings. The Labute approximate surface area is 140 Å². The van der Waals surface area contributed by atoms with Gasteiger partial charge in [-0.25, -0.2) is 0 Å². The molecule has 0 aromatic carbocycles. The molecular formula is C16H29N3O3S. The zero-order valence-corrected chi connectivity index (χ0v) is 14.6. The van der Waals surface area contributed by atoms with E-state index in [4.69, 9.17) is 4.74 Å². The largest absolute Gasteiger partial charge is 0.379 e. The van der Waals surface area contributed by atoms with Crippen LogP contribution in [0.4, 0.5) is 0 Å². The van der Waals surface area contributed by atoms with Gasteiger partial charge >= 0.3 is 0 Å². The SMILES string of the molecule is O=S(=O)(N1CCOCC1)N1CCC(NC[C@H]2CC=CCC2)CC1. The van der Waals surface area contributed by atoms with Crippen LogP contribution in [0.5, 0.6) is 0 Å². The molecule has 0 saturated carbocycles. The molecule has 1 atom stereocenters. The van der Waals surface area contributed by atoms with Gasteiger partial charge in [0.15, 0.2) is 0 Å². The van der Waals surface area contributed by atoms with Crippen molar-refractivity contribution >= 4 is 10.2 Å². The molecule has 132 valence electrons. The van der Waals surface area contributed by atoms with Crippen LogP contribution < -0.4 is 5.32 Å². The van der Waals surface area contributed by atoms with Gasteiger partial charge in [-0.15, -0.1) is 0 Å². The van der Waals surface area contributed by atoms with Gasteiger partial charge in [0.1, 0.15) is 0 Å². The normalized spacial score (nSPS) is 29.0. The van der Waals surface area contributed by atoms with Crippen LogP contribution in [0.2, 0.25) is 0 Å². The first-order chi connectivity index (χ1) is 11.2. The molecule has 2 heterocycles. The van der Waals surface area contributed by atoms with Gasteiger partial charge in [-0.05, 0) is 44.6 Å². The molecule has 3 rings (SSSR count). The van der Waals surface area contributed by atoms with Gasteiger partial charge in [0.2, 0.25) is 0 Å². The van der Waals surface area contributed by atoms with Crippen LogP contribution in [-0.2, 0) is 14.9 Å². The first-order valence-corrected chi connectivity index (χ1v) is 10.3. The highest BCUT2D eigenvalue weighted by Crippen LogP contribution is 2.20. The van der Waals surface area contributed by atoms with Crippen molar-refractivity contribution in [3.63, 3.8) is 0 Å². The van der Waals surface area contributed by atoms with Gasteiger partial charge in [0, 0.05) is 32.2 Å². The Hall–Kier alpha value is -0.470. The Morgan fingerprint density at radius 1 is 1.00 bits per heavy atom. The fraction of sp³-hybridized carbons (Fsp3) is 0.875. The molecule has 2 saturated heterocycles. The van der Waals surface area contributed by atoms with Crippen LogP contribution in [0.15, 0.2) is 12.2 Å². The van der Waals surface area contributed by atoms with Crippen molar-refractivity contribution in [3.8, 4) is 0 Å². The molecule has 1 N–H and O–H groups in total. The monoisotopic (exact) mass is 343 g/mol. The highest BCUT2D eigenvalue weighted by atomic mass is 32.2. The molecule has 2 fully saturated rings. The summed E-state index contributed by atoms with van der Waals surface area (Å²) in [6.07, 6.45) is 10.0. The number of ether oxygens (including phenoxy) is 1. The third-order valence-electron chi connectivity index (χ3n) is 5.15. The molecule has 6 nitrogen and oxygen atoms in total. The van der Waals surface area contributed by atoms with Gasteiger partial charge in [-0.3, -0.25) is 0 Å². The molecule has 1 aliphatic carbocycles. The Balaban J connectivity index is 1.43. The molecule has 3 aliphatic rings. The van der Waals surface area contributed by atoms with E-state index in [1.165, 1.54) is 19.3 Å². The maximum Gasteiger partial charge on any atom is 0.282 e. The Morgan fingerprint density at radius 3 is 2.35 bits per heavy atom. The maximum absolute atomic E-state index is 12.6. The van der Waals surface area contributed by atoms with E-state index in [2.05, 4.69) is 17.5 Å². The molecule has 0 aromatic heterocycles. The molecule has 0 spiro atoms. The lowest BCUT2D eigenvalue weighted by molar-refractivity contribution is 0.0695. The minimum absolute atomic E-state index is 0.456. The van der Waals surface area contributed by atoms with Gasteiger partial charge in [0.25, 0.3) is 10.2 Å². The standard InChI is InChI=1S/C16H29N3O3S/c20-23(21,19-10-12-22-13-11-19)18-8-6-16(7-9-18)17-14-15-4-2-1-3-5-15/h1-2,15-17H,3-14H2/t15-/m0/s1. The minimum Gasteiger partial charge on any atom is -0.379 e. The fourth-order valence-corrected chi connectivity index (χ4v) is 5.22. The Bertz CT molecular complexity index is 495. The minimum atomic E-state index is -3.29. The van der Waals surface area contributed by atoms with E-state index in [0.717, 1.165) is 25.3 Å². The molecule has 7 heteroatoms. The molecule has 0 bridgehead atoms. The third kappa shape index (κ3) is 4.54. The number of nitrogens with zero attached hydrogens (tertiary/aromatic N) is 2. The number of morpholine rings is 1. The number of allylic oxidation sites excluding steroid dienone is 2. The second-order valence-corrected chi connectivity index (χ2v) is 8.68. The van der Waals surface area contributed by atoms with E-state index in [0.29, 0.717) is 45.4 Å². The van der Waals surface area contributed by atoms with Crippen LogP contribution in [0, 0.1) is 5.92 Å². The van der Waals surface area contributed by atoms with Crippen LogP contribution in [-0.4, -0.2) is 69.0 Å². The number of hydrogen-bond acceptors (Lipinski definition) is 4. The van der Waals surface area contributed by atoms with E-state index in [9.17, 15) is 8.42 Å². The van der Waals surface area contributed by atoms with Crippen LogP contribution in [0.1, 0.15) is 32.1 Å². The van der Waals surface area contributed by atoms with Crippen molar-refractivity contribution in [2.24, 2.45) is 5.92 Å². The lowest BCUT2D eigenvalue weighted by atomic mass is 9.94. The predicted molar refractivity (Wildman–Crippen MR) is 90.4 cm³/mol. The number of nitrogens with one attached hydrogen (secondary N) is 1. The smallest absolute Gasteiger partial charge is 0.282 e. The van der Waals surface area contributed by atoms with E-state index >= 15 is 0 Å². The van der Waals surface area contributed by atoms with Crippen molar-refractivity contribution in [2.75, 3.05) is 45.9 Å². The fourth-order valence-electron chi connectivity index (χ4n) is 3.61. The van der Waals surface area contributed by atoms with Gasteiger partial charge < -0.3 is 10.1 Å². The number of hydrogen-bond donors (Lipinski definition) is 1. The van der Waals surface area contributed by atoms with Crippen molar-refractivity contribution in [1.82, 2.24) is 13.9 Å². The van der Waals surface area contributed by atoms with Crippen LogP contribution >= 0.6 is 0 Å². The van der Waals surface area contributed by atoms with E-state index in [1.807, 2.05) is 0 Å². The zero-order valence-electron chi connectivity index (χ0n) is 13.8. The third-order valence-corrected chi connectivity index (χ3v) is 7.18. The lowest BCUT2D eigenvalue weighted by Crippen LogP contribution is -2.52. The maximum atomic E-state index is 12.6. The van der Waals surface area contributed by atoms with Crippen molar-refractivity contribution in [1.29, 1.82) is 0 Å². The molecule has 0 amide bonds. The lowest BCUT2D eigenvalue weighted by Gasteiger charge is -2.36. The van der Waals surface area contributed by atoms with E-state index in [-0.39, 0.29) is 0 Å². The highest BCUT2D eigenvalue weighted by Gasteiger charge is 2.33. The molecule has 0 unspecified atom stereocenters. The van der Waals surface area contributed by atoms with Gasteiger partial charge in [-0.2, -0.15) is 17.0 Å². The topological polar surface area (TPSA) is 61.9 Å². The van der Waals surface area contributed by atoms with Gasteiger partial charge in [-0.1, -0.05) is 12.2 Å². The van der Waals surface area contributed by atoms with Gasteiger partial charge in [0.05, 0.1) is 13.2 Å². The Morgan fingerprint density at radius 2 is 1.70 bits per heavy atom. The zero-order chi connectivity index (χ0) is 16.1. The summed E-state index contributed by atoms with van der Waals surface area (Å²) in [5.74, 6) is 0.745. The summed E-state index contributed by atoms with van der Waals surface area (Å²) in [6, 6.07) is 0.456. The van der Waals surface area contributed by atoms with Crippen molar-refractivity contribution in [2.45, 2.75) is 38.1 Å². The second kappa shape index (κ2) is 8.07. The van der Waals surface area contributed by atoms with Crippen molar-refractivity contribution in [3.05, 3.63) is 12.2 Å². The first-order valence-electron chi connectivity index (χ1n) is 8.87. The summed E-state index contributed by atoms with van der Waals surface area (Å²) in [6.45, 7) is 4.29. The second-order valence-electron chi connectivity index (χ2n) is 6.75. The van der Waals surface area contributed by atoms with Crippen molar-refractivity contribution < 1.29 is 13.2 Å². The average Bonchev–Trinajstić information content (AvgIpc) is 2.62. The Kier molecular flexibility index (Phi) is 6.09. The summed E-state index contributed by atoms with van der Waals surface area (Å²) in [4.78, 5) is 0. The number of rotatable bonds is 5. The summed E-state index contributed by atoms with van der Waals surface area (Å²) in [5.41, 5.74) is 0. The summed E-state index contributed by atoms with van der Waals surface area (Å²) >= 11 is 0. The summed E-state index contributed by atoms with van der Waals surface area (Å²) < 4.78 is 33.7. The highest BCUT2D eigenvalue weighted by molar-refractivity contribution is 7.86. The first kappa shape index (κ1) is 17.4. The summed E-state index contributed by atoms with van der Waals surface area (Å²) in [5, 5.41) is 3.65. The van der Waals surface area contributed by atoms with E-state index < -0.39 is 10.2 Å². The average molecular weight is 343 g/mol. The molecule has 2 aliphatic heterocycles. The number of piperidine rings is 1.